The van der Waals surface area contributed by atoms with Crippen LogP contribution in [-0.2, 0) is 9.59 Å². The average Bonchev–Trinajstić information content (AvgIpc) is 3.26. The lowest BCUT2D eigenvalue weighted by Crippen LogP contribution is -2.40. The number of amides is 4. The Labute approximate surface area is 153 Å². The highest BCUT2D eigenvalue weighted by Gasteiger charge is 2.58. The highest BCUT2D eigenvalue weighted by Crippen LogP contribution is 2.52. The summed E-state index contributed by atoms with van der Waals surface area (Å²) in [4.78, 5) is 38.3. The average molecular weight is 404 g/mol. The van der Waals surface area contributed by atoms with Crippen molar-refractivity contribution in [2.45, 2.75) is 6.42 Å². The van der Waals surface area contributed by atoms with Crippen LogP contribution in [0.2, 0.25) is 0 Å². The van der Waals surface area contributed by atoms with E-state index in [0.29, 0.717) is 5.69 Å². The maximum Gasteiger partial charge on any atom is 0.319 e. The van der Waals surface area contributed by atoms with Crippen LogP contribution in [0, 0.1) is 23.7 Å². The molecule has 0 spiro atoms. The van der Waals surface area contributed by atoms with Gasteiger partial charge in [-0.25, -0.2) is 4.79 Å². The Morgan fingerprint density at radius 2 is 1.68 bits per heavy atom. The fourth-order valence-corrected chi connectivity index (χ4v) is 4.44. The second kappa shape index (κ2) is 6.29. The lowest BCUT2D eigenvalue weighted by atomic mass is 9.85. The first-order chi connectivity index (χ1) is 12.0. The van der Waals surface area contributed by atoms with E-state index in [0.717, 1.165) is 10.9 Å². The van der Waals surface area contributed by atoms with E-state index in [9.17, 15) is 14.4 Å². The molecule has 1 aromatic carbocycles. The Kier molecular flexibility index (Phi) is 4.11. The van der Waals surface area contributed by atoms with E-state index in [-0.39, 0.29) is 54.6 Å². The van der Waals surface area contributed by atoms with E-state index in [2.05, 4.69) is 38.7 Å². The Hall–Kier alpha value is -2.15. The van der Waals surface area contributed by atoms with Crippen LogP contribution in [0.15, 0.2) is 40.9 Å². The second-order valence-corrected chi connectivity index (χ2v) is 7.63. The summed E-state index contributed by atoms with van der Waals surface area (Å²) in [6.07, 6.45) is 5.07. The van der Waals surface area contributed by atoms with Crippen molar-refractivity contribution < 1.29 is 14.4 Å². The standard InChI is InChI=1S/C18H18BrN3O3/c19-12-3-5-13(6-4-12)21-18(25)20-7-8-22-16(23)14-10-1-2-11(9-10)15(14)17(22)24/h1-6,10-11,14-15H,7-9H2,(H2,20,21,25)/t10-,11-,14-,15-/m0/s1. The van der Waals surface area contributed by atoms with Crippen LogP contribution >= 0.6 is 15.9 Å². The van der Waals surface area contributed by atoms with Gasteiger partial charge in [0.25, 0.3) is 0 Å². The van der Waals surface area contributed by atoms with E-state index in [1.165, 1.54) is 4.90 Å². The molecule has 130 valence electrons. The summed E-state index contributed by atoms with van der Waals surface area (Å²) in [7, 11) is 0. The molecule has 3 aliphatic rings. The minimum absolute atomic E-state index is 0.0815. The molecule has 0 unspecified atom stereocenters. The fraction of sp³-hybridized carbons (Fsp3) is 0.389. The lowest BCUT2D eigenvalue weighted by molar-refractivity contribution is -0.140. The number of allylic oxidation sites excluding steroid dienone is 2. The molecule has 2 bridgehead atoms. The normalized spacial score (nSPS) is 29.2. The molecule has 4 atom stereocenters. The summed E-state index contributed by atoms with van der Waals surface area (Å²) in [5.41, 5.74) is 0.672. The van der Waals surface area contributed by atoms with Gasteiger partial charge in [-0.2, -0.15) is 0 Å². The number of hydrogen-bond acceptors (Lipinski definition) is 3. The van der Waals surface area contributed by atoms with Crippen LogP contribution in [0.5, 0.6) is 0 Å². The summed E-state index contributed by atoms with van der Waals surface area (Å²) in [6.45, 7) is 0.458. The predicted octanol–water partition coefficient (Wildman–Crippen LogP) is 2.38. The molecule has 1 heterocycles. The smallest absolute Gasteiger partial charge is 0.319 e. The van der Waals surface area contributed by atoms with Crippen molar-refractivity contribution in [1.82, 2.24) is 10.2 Å². The highest BCUT2D eigenvalue weighted by molar-refractivity contribution is 9.10. The van der Waals surface area contributed by atoms with Gasteiger partial charge in [0.1, 0.15) is 0 Å². The SMILES string of the molecule is O=C(NCCN1C(=O)[C@@H]2[C@@H](C1=O)[C@H]1C=C[C@H]2C1)Nc1ccc(Br)cc1. The fourth-order valence-electron chi connectivity index (χ4n) is 4.17. The summed E-state index contributed by atoms with van der Waals surface area (Å²) >= 11 is 3.33. The van der Waals surface area contributed by atoms with Crippen molar-refractivity contribution in [3.05, 3.63) is 40.9 Å². The number of urea groups is 1. The van der Waals surface area contributed by atoms with Gasteiger partial charge in [0.2, 0.25) is 11.8 Å². The van der Waals surface area contributed by atoms with Gasteiger partial charge >= 0.3 is 6.03 Å². The first kappa shape index (κ1) is 16.3. The van der Waals surface area contributed by atoms with Crippen molar-refractivity contribution in [2.24, 2.45) is 23.7 Å². The number of carbonyl (C=O) groups is 3. The molecule has 2 aliphatic carbocycles. The Balaban J connectivity index is 1.29. The van der Waals surface area contributed by atoms with E-state index in [4.69, 9.17) is 0 Å². The molecule has 0 aromatic heterocycles. The van der Waals surface area contributed by atoms with Crippen LogP contribution in [0.1, 0.15) is 6.42 Å². The van der Waals surface area contributed by atoms with E-state index in [1.807, 2.05) is 12.1 Å². The molecule has 1 saturated heterocycles. The van der Waals surface area contributed by atoms with E-state index in [1.54, 1.807) is 12.1 Å². The van der Waals surface area contributed by atoms with Crippen LogP contribution in [0.3, 0.4) is 0 Å². The van der Waals surface area contributed by atoms with E-state index >= 15 is 0 Å². The molecule has 2 N–H and O–H groups in total. The molecular formula is C18H18BrN3O3. The van der Waals surface area contributed by atoms with Gasteiger partial charge in [-0.1, -0.05) is 28.1 Å². The minimum Gasteiger partial charge on any atom is -0.336 e. The number of benzene rings is 1. The number of hydrogen-bond donors (Lipinski definition) is 2. The highest BCUT2D eigenvalue weighted by atomic mass is 79.9. The van der Waals surface area contributed by atoms with Crippen molar-refractivity contribution in [2.75, 3.05) is 18.4 Å². The van der Waals surface area contributed by atoms with Gasteiger partial charge in [0.05, 0.1) is 11.8 Å². The summed E-state index contributed by atoms with van der Waals surface area (Å²) in [5, 5.41) is 5.41. The lowest BCUT2D eigenvalue weighted by Gasteiger charge is -2.17. The van der Waals surface area contributed by atoms with Crippen molar-refractivity contribution in [3.8, 4) is 0 Å². The number of nitrogens with zero attached hydrogens (tertiary/aromatic N) is 1. The van der Waals surface area contributed by atoms with Crippen molar-refractivity contribution in [3.63, 3.8) is 0 Å². The van der Waals surface area contributed by atoms with Gasteiger partial charge in [-0.3, -0.25) is 14.5 Å². The molecule has 25 heavy (non-hydrogen) atoms. The van der Waals surface area contributed by atoms with E-state index < -0.39 is 0 Å². The maximum absolute atomic E-state index is 12.5. The van der Waals surface area contributed by atoms with Crippen LogP contribution in [0.4, 0.5) is 10.5 Å². The monoisotopic (exact) mass is 403 g/mol. The van der Waals surface area contributed by atoms with Crippen molar-refractivity contribution in [1.29, 1.82) is 0 Å². The topological polar surface area (TPSA) is 78.5 Å². The van der Waals surface area contributed by atoms with Gasteiger partial charge in [-0.05, 0) is 42.5 Å². The number of imide groups is 1. The minimum atomic E-state index is -0.358. The zero-order valence-electron chi connectivity index (χ0n) is 13.4. The van der Waals surface area contributed by atoms with Crippen LogP contribution in [-0.4, -0.2) is 35.8 Å². The molecule has 2 fully saturated rings. The number of rotatable bonds is 4. The predicted molar refractivity (Wildman–Crippen MR) is 95.6 cm³/mol. The Morgan fingerprint density at radius 3 is 2.28 bits per heavy atom. The number of carbonyl (C=O) groups excluding carboxylic acids is 3. The Morgan fingerprint density at radius 1 is 1.08 bits per heavy atom. The molecule has 1 saturated carbocycles. The molecule has 7 heteroatoms. The zero-order valence-corrected chi connectivity index (χ0v) is 15.0. The zero-order chi connectivity index (χ0) is 17.6. The summed E-state index contributed by atoms with van der Waals surface area (Å²) in [6, 6.07) is 6.86. The van der Waals surface area contributed by atoms with Gasteiger partial charge < -0.3 is 10.6 Å². The quantitative estimate of drug-likeness (QED) is 0.598. The summed E-state index contributed by atoms with van der Waals surface area (Å²) in [5.74, 6) is -0.0997. The first-order valence-corrected chi connectivity index (χ1v) is 9.18. The van der Waals surface area contributed by atoms with Crippen LogP contribution < -0.4 is 10.6 Å². The van der Waals surface area contributed by atoms with Gasteiger partial charge in [0.15, 0.2) is 0 Å². The van der Waals surface area contributed by atoms with Crippen LogP contribution in [0.25, 0.3) is 0 Å². The number of halogens is 1. The number of likely N-dealkylation sites (tertiary alicyclic amines) is 1. The molecule has 1 aliphatic heterocycles. The second-order valence-electron chi connectivity index (χ2n) is 6.72. The van der Waals surface area contributed by atoms with Gasteiger partial charge in [-0.15, -0.1) is 0 Å². The molecule has 6 nitrogen and oxygen atoms in total. The molecular weight excluding hydrogens is 386 g/mol. The number of anilines is 1. The molecule has 4 amide bonds. The molecule has 1 aromatic rings. The van der Waals surface area contributed by atoms with Crippen molar-refractivity contribution >= 4 is 39.5 Å². The Bertz CT molecular complexity index is 731. The molecule has 4 rings (SSSR count). The number of fused-ring (bicyclic) bond motifs is 5. The third-order valence-corrected chi connectivity index (χ3v) is 5.81. The maximum atomic E-state index is 12.5. The third-order valence-electron chi connectivity index (χ3n) is 5.28. The largest absolute Gasteiger partial charge is 0.336 e. The number of nitrogens with one attached hydrogen (secondary N) is 2. The summed E-state index contributed by atoms with van der Waals surface area (Å²) < 4.78 is 0.929. The first-order valence-electron chi connectivity index (χ1n) is 8.38. The van der Waals surface area contributed by atoms with Gasteiger partial charge in [0, 0.05) is 23.2 Å². The molecule has 0 radical (unpaired) electrons. The third kappa shape index (κ3) is 2.86.